The first-order valence-electron chi connectivity index (χ1n) is 10.4. The molecule has 0 aromatic heterocycles. The number of aliphatic imine (C=N–C) groups is 1. The predicted molar refractivity (Wildman–Crippen MR) is 126 cm³/mol. The van der Waals surface area contributed by atoms with E-state index in [1.165, 1.54) is 11.1 Å². The van der Waals surface area contributed by atoms with Crippen LogP contribution in [-0.2, 0) is 13.0 Å². The Labute approximate surface area is 178 Å². The zero-order valence-corrected chi connectivity index (χ0v) is 17.6. The fraction of sp³-hybridized carbons (Fsp3) is 0.240. The monoisotopic (exact) mass is 399 g/mol. The fourth-order valence-electron chi connectivity index (χ4n) is 3.77. The Morgan fingerprint density at radius 3 is 2.77 bits per heavy atom. The summed E-state index contributed by atoms with van der Waals surface area (Å²) in [6.07, 6.45) is 9.23. The Bertz CT molecular complexity index is 1020. The van der Waals surface area contributed by atoms with Gasteiger partial charge in [0, 0.05) is 18.8 Å². The van der Waals surface area contributed by atoms with Gasteiger partial charge in [-0.3, -0.25) is 0 Å². The number of nitrogens with zero attached hydrogens (tertiary/aromatic N) is 2. The van der Waals surface area contributed by atoms with Gasteiger partial charge in [-0.2, -0.15) is 0 Å². The van der Waals surface area contributed by atoms with Crippen LogP contribution in [0.5, 0.6) is 0 Å². The number of nitrogens with two attached hydrogens (primary N) is 1. The van der Waals surface area contributed by atoms with Gasteiger partial charge in [0.1, 0.15) is 5.84 Å². The third-order valence-electron chi connectivity index (χ3n) is 5.41. The number of benzene rings is 2. The van der Waals surface area contributed by atoms with Crippen molar-refractivity contribution in [3.8, 4) is 0 Å². The van der Waals surface area contributed by atoms with Crippen LogP contribution in [0.25, 0.3) is 6.08 Å². The van der Waals surface area contributed by atoms with Gasteiger partial charge in [0.05, 0.1) is 5.70 Å². The lowest BCUT2D eigenvalue weighted by Gasteiger charge is -2.18. The third kappa shape index (κ3) is 4.81. The second-order valence-corrected chi connectivity index (χ2v) is 7.88. The molecular formula is C25H29N5. The number of amidine groups is 1. The number of allylic oxidation sites excluding steroid dienone is 3. The van der Waals surface area contributed by atoms with Crippen LogP contribution < -0.4 is 16.4 Å². The highest BCUT2D eigenvalue weighted by Gasteiger charge is 2.23. The summed E-state index contributed by atoms with van der Waals surface area (Å²) in [5, 5.41) is 6.60. The average Bonchev–Trinajstić information content (AvgIpc) is 3.14. The van der Waals surface area contributed by atoms with Crippen molar-refractivity contribution in [2.45, 2.75) is 26.1 Å². The first-order chi connectivity index (χ1) is 14.6. The van der Waals surface area contributed by atoms with Crippen LogP contribution in [0.2, 0.25) is 0 Å². The summed E-state index contributed by atoms with van der Waals surface area (Å²) in [5.41, 5.74) is 12.9. The van der Waals surface area contributed by atoms with Crippen molar-refractivity contribution in [3.63, 3.8) is 0 Å². The zero-order chi connectivity index (χ0) is 20.9. The molecule has 0 aliphatic carbocycles. The van der Waals surface area contributed by atoms with Crippen LogP contribution in [0.1, 0.15) is 23.6 Å². The van der Waals surface area contributed by atoms with Crippen LogP contribution in [-0.4, -0.2) is 30.5 Å². The Kier molecular flexibility index (Phi) is 6.00. The van der Waals surface area contributed by atoms with Crippen molar-refractivity contribution in [1.29, 1.82) is 0 Å². The van der Waals surface area contributed by atoms with E-state index in [-0.39, 0.29) is 6.17 Å². The Hall–Kier alpha value is -3.31. The maximum atomic E-state index is 6.25. The van der Waals surface area contributed by atoms with Crippen LogP contribution in [0.4, 0.5) is 5.69 Å². The summed E-state index contributed by atoms with van der Waals surface area (Å²) in [7, 11) is 2.16. The molecule has 0 saturated heterocycles. The standard InChI is InChI=1S/C25H29N5/c1-18-28-24-21(12-14-27-25(24)29-18)9-10-22-16-20(8-11-23(22)26)17-30(2)15-13-19-6-4-3-5-7-19/h3-12,14,16,25,27H,13,15,17,26H2,1-2H3,(H,28,29)/b10-9+. The van der Waals surface area contributed by atoms with Gasteiger partial charge in [-0.1, -0.05) is 48.6 Å². The zero-order valence-electron chi connectivity index (χ0n) is 17.6. The molecular weight excluding hydrogens is 370 g/mol. The third-order valence-corrected chi connectivity index (χ3v) is 5.41. The van der Waals surface area contributed by atoms with E-state index in [1.807, 2.05) is 19.2 Å². The number of nitrogen functional groups attached to an aromatic ring is 1. The summed E-state index contributed by atoms with van der Waals surface area (Å²) in [4.78, 5) is 6.89. The Balaban J connectivity index is 1.42. The van der Waals surface area contributed by atoms with Gasteiger partial charge in [-0.25, -0.2) is 4.99 Å². The minimum Gasteiger partial charge on any atom is -0.398 e. The maximum absolute atomic E-state index is 6.25. The lowest BCUT2D eigenvalue weighted by atomic mass is 10.0. The molecule has 2 aromatic rings. The summed E-state index contributed by atoms with van der Waals surface area (Å²) < 4.78 is 0. The molecule has 0 spiro atoms. The quantitative estimate of drug-likeness (QED) is 0.622. The van der Waals surface area contributed by atoms with E-state index < -0.39 is 0 Å². The van der Waals surface area contributed by atoms with Crippen molar-refractivity contribution in [2.24, 2.45) is 4.99 Å². The molecule has 0 bridgehead atoms. The van der Waals surface area contributed by atoms with E-state index in [9.17, 15) is 0 Å². The predicted octanol–water partition coefficient (Wildman–Crippen LogP) is 3.68. The van der Waals surface area contributed by atoms with Crippen molar-refractivity contribution in [2.75, 3.05) is 19.3 Å². The molecule has 5 heteroatoms. The van der Waals surface area contributed by atoms with E-state index in [0.29, 0.717) is 0 Å². The van der Waals surface area contributed by atoms with Crippen LogP contribution in [0, 0.1) is 0 Å². The van der Waals surface area contributed by atoms with Gasteiger partial charge < -0.3 is 21.3 Å². The van der Waals surface area contributed by atoms with E-state index in [0.717, 1.165) is 47.9 Å². The highest BCUT2D eigenvalue weighted by molar-refractivity contribution is 5.85. The molecule has 1 atom stereocenters. The molecule has 0 saturated carbocycles. The summed E-state index contributed by atoms with van der Waals surface area (Å²) in [6.45, 7) is 3.88. The van der Waals surface area contributed by atoms with Gasteiger partial charge in [-0.15, -0.1) is 0 Å². The van der Waals surface area contributed by atoms with Crippen molar-refractivity contribution < 1.29 is 0 Å². The number of anilines is 1. The number of hydrogen-bond acceptors (Lipinski definition) is 5. The van der Waals surface area contributed by atoms with E-state index in [4.69, 9.17) is 5.73 Å². The number of dihydropyridines is 1. The van der Waals surface area contributed by atoms with Crippen molar-refractivity contribution in [3.05, 3.63) is 94.8 Å². The maximum Gasteiger partial charge on any atom is 0.161 e. The van der Waals surface area contributed by atoms with Gasteiger partial charge >= 0.3 is 0 Å². The molecule has 0 radical (unpaired) electrons. The molecule has 2 aliphatic rings. The molecule has 4 rings (SSSR count). The van der Waals surface area contributed by atoms with Gasteiger partial charge in [-0.05, 0) is 67.1 Å². The fourth-order valence-corrected chi connectivity index (χ4v) is 3.77. The topological polar surface area (TPSA) is 65.7 Å². The molecule has 0 fully saturated rings. The first kappa shape index (κ1) is 20.0. The number of hydrogen-bond donors (Lipinski definition) is 3. The number of fused-ring (bicyclic) bond motifs is 1. The second kappa shape index (κ2) is 9.01. The SMILES string of the molecule is CC1=NC2NC=CC(/C=C/c3cc(CN(C)CCc4ccccc4)ccc3N)=C2N1. The minimum atomic E-state index is -0.0170. The molecule has 0 amide bonds. The average molecular weight is 400 g/mol. The Morgan fingerprint density at radius 1 is 1.10 bits per heavy atom. The number of nitrogens with one attached hydrogen (secondary N) is 2. The van der Waals surface area contributed by atoms with E-state index in [2.05, 4.69) is 88.3 Å². The molecule has 2 heterocycles. The lowest BCUT2D eigenvalue weighted by molar-refractivity contribution is 0.331. The molecule has 2 aliphatic heterocycles. The van der Waals surface area contributed by atoms with Gasteiger partial charge in [0.25, 0.3) is 0 Å². The highest BCUT2D eigenvalue weighted by Crippen LogP contribution is 2.22. The lowest BCUT2D eigenvalue weighted by Crippen LogP contribution is -2.29. The van der Waals surface area contributed by atoms with Gasteiger partial charge in [0.15, 0.2) is 6.17 Å². The molecule has 2 aromatic carbocycles. The van der Waals surface area contributed by atoms with Crippen LogP contribution in [0.3, 0.4) is 0 Å². The second-order valence-electron chi connectivity index (χ2n) is 7.88. The van der Waals surface area contributed by atoms with Crippen molar-refractivity contribution in [1.82, 2.24) is 15.5 Å². The number of rotatable bonds is 7. The molecule has 30 heavy (non-hydrogen) atoms. The summed E-state index contributed by atoms with van der Waals surface area (Å²) in [6, 6.07) is 16.9. The van der Waals surface area contributed by atoms with E-state index >= 15 is 0 Å². The van der Waals surface area contributed by atoms with Gasteiger partial charge in [0.2, 0.25) is 0 Å². The summed E-state index contributed by atoms with van der Waals surface area (Å²) in [5.74, 6) is 0.928. The molecule has 4 N–H and O–H groups in total. The van der Waals surface area contributed by atoms with Crippen LogP contribution >= 0.6 is 0 Å². The smallest absolute Gasteiger partial charge is 0.161 e. The van der Waals surface area contributed by atoms with Crippen LogP contribution in [0.15, 0.2) is 83.1 Å². The summed E-state index contributed by atoms with van der Waals surface area (Å²) >= 11 is 0. The largest absolute Gasteiger partial charge is 0.398 e. The normalized spacial score (nSPS) is 17.8. The molecule has 1 unspecified atom stereocenters. The molecule has 154 valence electrons. The van der Waals surface area contributed by atoms with E-state index in [1.54, 1.807) is 0 Å². The molecule has 5 nitrogen and oxygen atoms in total. The minimum absolute atomic E-state index is 0.0170. The van der Waals surface area contributed by atoms with Crippen molar-refractivity contribution >= 4 is 17.6 Å². The number of likely N-dealkylation sites (N-methyl/N-ethyl adjacent to an activating group) is 1. The first-order valence-corrected chi connectivity index (χ1v) is 10.4. The highest BCUT2D eigenvalue weighted by atomic mass is 15.2. The Morgan fingerprint density at radius 2 is 1.93 bits per heavy atom.